The van der Waals surface area contributed by atoms with Crippen molar-refractivity contribution in [1.29, 1.82) is 0 Å². The quantitative estimate of drug-likeness (QED) is 0.528. The molecule has 2 aromatic heterocycles. The van der Waals surface area contributed by atoms with Crippen LogP contribution in [0.2, 0.25) is 0 Å². The average molecular weight is 431 g/mol. The number of aryl methyl sites for hydroxylation is 1. The predicted molar refractivity (Wildman–Crippen MR) is 117 cm³/mol. The first-order valence-electron chi connectivity index (χ1n) is 10.6. The molecule has 0 aliphatic carbocycles. The number of halogens is 1. The van der Waals surface area contributed by atoms with E-state index in [-0.39, 0.29) is 5.69 Å². The monoisotopic (exact) mass is 431 g/mol. The van der Waals surface area contributed by atoms with Crippen molar-refractivity contribution >= 4 is 11.6 Å². The number of carbonyl (C=O) groups excluding carboxylic acids is 1. The fraction of sp³-hybridized carbons (Fsp3) is 0.261. The van der Waals surface area contributed by atoms with Crippen LogP contribution in [0.5, 0.6) is 0 Å². The van der Waals surface area contributed by atoms with Gasteiger partial charge in [0.25, 0.3) is 5.91 Å². The van der Waals surface area contributed by atoms with E-state index in [2.05, 4.69) is 25.4 Å². The van der Waals surface area contributed by atoms with E-state index in [1.807, 2.05) is 30.3 Å². The molecular weight excluding hydrogens is 409 g/mol. The molecule has 1 aliphatic rings. The highest BCUT2D eigenvalue weighted by Gasteiger charge is 2.25. The number of nitrogens with zero attached hydrogens (tertiary/aromatic N) is 6. The Morgan fingerprint density at radius 3 is 2.72 bits per heavy atom. The highest BCUT2D eigenvalue weighted by molar-refractivity contribution is 6.04. The van der Waals surface area contributed by atoms with Gasteiger partial charge in [-0.1, -0.05) is 36.8 Å². The molecule has 9 heteroatoms. The minimum Gasteiger partial charge on any atom is -0.327 e. The molecule has 0 atom stereocenters. The fourth-order valence-electron chi connectivity index (χ4n) is 4.10. The lowest BCUT2D eigenvalue weighted by molar-refractivity contribution is 0.102. The number of anilines is 1. The van der Waals surface area contributed by atoms with Crippen molar-refractivity contribution in [3.63, 3.8) is 0 Å². The minimum absolute atomic E-state index is 0.0547. The second kappa shape index (κ2) is 8.33. The lowest BCUT2D eigenvalue weighted by Gasteiger charge is -2.10. The average Bonchev–Trinajstić information content (AvgIpc) is 3.31. The van der Waals surface area contributed by atoms with Gasteiger partial charge >= 0.3 is 0 Å². The lowest BCUT2D eigenvalue weighted by atomic mass is 10.1. The van der Waals surface area contributed by atoms with Crippen LogP contribution in [-0.2, 0) is 13.0 Å². The number of tetrazole rings is 1. The van der Waals surface area contributed by atoms with Crippen LogP contribution in [0.4, 0.5) is 10.1 Å². The van der Waals surface area contributed by atoms with Gasteiger partial charge in [-0.25, -0.2) is 9.37 Å². The number of imidazole rings is 1. The molecule has 1 aliphatic heterocycles. The van der Waals surface area contributed by atoms with Crippen molar-refractivity contribution in [2.75, 3.05) is 5.32 Å². The maximum absolute atomic E-state index is 14.6. The van der Waals surface area contributed by atoms with Gasteiger partial charge in [0.15, 0.2) is 5.82 Å². The Bertz CT molecular complexity index is 1280. The molecule has 0 spiro atoms. The van der Waals surface area contributed by atoms with Gasteiger partial charge in [-0.15, -0.1) is 5.10 Å². The number of benzene rings is 2. The first kappa shape index (κ1) is 20.0. The summed E-state index contributed by atoms with van der Waals surface area (Å²) < 4.78 is 18.2. The van der Waals surface area contributed by atoms with Gasteiger partial charge in [0.05, 0.1) is 17.1 Å². The molecule has 4 aromatic rings. The molecule has 5 rings (SSSR count). The van der Waals surface area contributed by atoms with Crippen LogP contribution in [0.15, 0.2) is 48.5 Å². The van der Waals surface area contributed by atoms with Crippen LogP contribution in [0.1, 0.15) is 41.3 Å². The van der Waals surface area contributed by atoms with Crippen molar-refractivity contribution in [2.24, 2.45) is 0 Å². The fourth-order valence-corrected chi connectivity index (χ4v) is 4.10. The number of rotatable bonds is 4. The summed E-state index contributed by atoms with van der Waals surface area (Å²) in [5.41, 5.74) is 2.80. The third kappa shape index (κ3) is 3.66. The Morgan fingerprint density at radius 2 is 1.94 bits per heavy atom. The standard InChI is InChI=1S/C23H22FN7O/c1-15-27-28-29-31(15)17-11-12-18(24)19(14-17)25-23(32)21-20-10-6-3-7-13-30(20)22(26-21)16-8-4-2-5-9-16/h2,4-5,8-9,11-12,14H,3,6-7,10,13H2,1H3,(H,25,32). The van der Waals surface area contributed by atoms with Gasteiger partial charge < -0.3 is 9.88 Å². The van der Waals surface area contributed by atoms with Gasteiger partial charge in [-0.2, -0.15) is 4.68 Å². The zero-order valence-corrected chi connectivity index (χ0v) is 17.6. The molecule has 0 unspecified atom stereocenters. The molecule has 1 amide bonds. The van der Waals surface area contributed by atoms with Crippen LogP contribution < -0.4 is 5.32 Å². The minimum atomic E-state index is -0.540. The summed E-state index contributed by atoms with van der Waals surface area (Å²) in [5.74, 6) is 0.357. The summed E-state index contributed by atoms with van der Waals surface area (Å²) in [6, 6.07) is 14.2. The van der Waals surface area contributed by atoms with Crippen LogP contribution in [0, 0.1) is 12.7 Å². The van der Waals surface area contributed by atoms with E-state index in [0.29, 0.717) is 17.2 Å². The molecule has 3 heterocycles. The number of hydrogen-bond donors (Lipinski definition) is 1. The Hall–Kier alpha value is -3.88. The summed E-state index contributed by atoms with van der Waals surface area (Å²) in [5, 5.41) is 14.1. The SMILES string of the molecule is Cc1nnnn1-c1ccc(F)c(NC(=O)c2nc(-c3ccccc3)n3c2CCCCC3)c1. The molecule has 0 bridgehead atoms. The van der Waals surface area contributed by atoms with Gasteiger partial charge in [0, 0.05) is 12.1 Å². The number of fused-ring (bicyclic) bond motifs is 1. The van der Waals surface area contributed by atoms with E-state index < -0.39 is 11.7 Å². The lowest BCUT2D eigenvalue weighted by Crippen LogP contribution is -2.16. The van der Waals surface area contributed by atoms with E-state index in [0.717, 1.165) is 49.3 Å². The first-order chi connectivity index (χ1) is 15.6. The maximum atomic E-state index is 14.6. The summed E-state index contributed by atoms with van der Waals surface area (Å²) in [7, 11) is 0. The third-order valence-electron chi connectivity index (χ3n) is 5.68. The number of nitrogens with one attached hydrogen (secondary N) is 1. The van der Waals surface area contributed by atoms with E-state index in [4.69, 9.17) is 4.98 Å². The Kier molecular flexibility index (Phi) is 5.22. The predicted octanol–water partition coefficient (Wildman–Crippen LogP) is 3.95. The number of amides is 1. The van der Waals surface area contributed by atoms with Gasteiger partial charge in [0.2, 0.25) is 0 Å². The second-order valence-electron chi connectivity index (χ2n) is 7.82. The van der Waals surface area contributed by atoms with Crippen LogP contribution in [-0.4, -0.2) is 35.7 Å². The zero-order valence-electron chi connectivity index (χ0n) is 17.6. The summed E-state index contributed by atoms with van der Waals surface area (Å²) in [4.78, 5) is 18.0. The largest absolute Gasteiger partial charge is 0.327 e. The van der Waals surface area contributed by atoms with Crippen molar-refractivity contribution in [3.05, 3.63) is 71.6 Å². The topological polar surface area (TPSA) is 90.5 Å². The van der Waals surface area contributed by atoms with Crippen molar-refractivity contribution in [1.82, 2.24) is 29.8 Å². The number of carbonyl (C=O) groups is 1. The van der Waals surface area contributed by atoms with Crippen LogP contribution in [0.25, 0.3) is 17.1 Å². The molecule has 0 saturated carbocycles. The number of aromatic nitrogens is 6. The maximum Gasteiger partial charge on any atom is 0.276 e. The van der Waals surface area contributed by atoms with E-state index >= 15 is 0 Å². The molecule has 0 saturated heterocycles. The second-order valence-corrected chi connectivity index (χ2v) is 7.82. The van der Waals surface area contributed by atoms with Crippen molar-refractivity contribution in [2.45, 2.75) is 39.2 Å². The highest BCUT2D eigenvalue weighted by Crippen LogP contribution is 2.28. The Labute approximate surface area is 184 Å². The first-order valence-corrected chi connectivity index (χ1v) is 10.6. The third-order valence-corrected chi connectivity index (χ3v) is 5.68. The Balaban J connectivity index is 1.52. The molecule has 32 heavy (non-hydrogen) atoms. The molecule has 2 aromatic carbocycles. The Morgan fingerprint density at radius 1 is 1.09 bits per heavy atom. The normalized spacial score (nSPS) is 13.4. The highest BCUT2D eigenvalue weighted by atomic mass is 19.1. The molecule has 8 nitrogen and oxygen atoms in total. The van der Waals surface area contributed by atoms with Gasteiger partial charge in [-0.3, -0.25) is 4.79 Å². The van der Waals surface area contributed by atoms with Gasteiger partial charge in [0.1, 0.15) is 17.3 Å². The summed E-state index contributed by atoms with van der Waals surface area (Å²) in [6.45, 7) is 2.55. The van der Waals surface area contributed by atoms with Crippen LogP contribution in [0.3, 0.4) is 0 Å². The van der Waals surface area contributed by atoms with Crippen molar-refractivity contribution < 1.29 is 9.18 Å². The summed E-state index contributed by atoms with van der Waals surface area (Å²) in [6.07, 6.45) is 3.88. The van der Waals surface area contributed by atoms with Crippen LogP contribution >= 0.6 is 0 Å². The summed E-state index contributed by atoms with van der Waals surface area (Å²) >= 11 is 0. The molecule has 162 valence electrons. The van der Waals surface area contributed by atoms with Crippen molar-refractivity contribution in [3.8, 4) is 17.1 Å². The molecular formula is C23H22FN7O. The van der Waals surface area contributed by atoms with Gasteiger partial charge in [-0.05, 0) is 54.8 Å². The smallest absolute Gasteiger partial charge is 0.276 e. The van der Waals surface area contributed by atoms with E-state index in [9.17, 15) is 9.18 Å². The number of hydrogen-bond acceptors (Lipinski definition) is 5. The molecule has 1 N–H and O–H groups in total. The van der Waals surface area contributed by atoms with E-state index in [1.165, 1.54) is 16.8 Å². The molecule has 0 fully saturated rings. The zero-order chi connectivity index (χ0) is 22.1. The molecule has 0 radical (unpaired) electrons. The van der Waals surface area contributed by atoms with E-state index in [1.54, 1.807) is 13.0 Å².